The lowest BCUT2D eigenvalue weighted by Crippen LogP contribution is -1.86. The second-order valence-electron chi connectivity index (χ2n) is 1.70. The molecule has 0 atom stereocenters. The number of hydrogen-bond donors (Lipinski definition) is 0. The second kappa shape index (κ2) is 3.01. The average molecular weight is 204 g/mol. The van der Waals surface area contributed by atoms with Crippen molar-refractivity contribution in [2.24, 2.45) is 0 Å². The zero-order valence-corrected chi connectivity index (χ0v) is 6.90. The molecule has 1 radical (unpaired) electrons. The summed E-state index contributed by atoms with van der Waals surface area (Å²) in [6, 6.07) is 5.38. The summed E-state index contributed by atoms with van der Waals surface area (Å²) in [5, 5.41) is 0. The highest BCUT2D eigenvalue weighted by molar-refractivity contribution is 9.10. The van der Waals surface area contributed by atoms with Gasteiger partial charge in [-0.15, -0.1) is 0 Å². The predicted molar refractivity (Wildman–Crippen MR) is 39.5 cm³/mol. The summed E-state index contributed by atoms with van der Waals surface area (Å²) in [5.41, 5.74) is 0. The van der Waals surface area contributed by atoms with E-state index in [4.69, 9.17) is 4.74 Å². The largest absolute Gasteiger partial charge is 0.494 e. The molecule has 0 heterocycles. The van der Waals surface area contributed by atoms with Gasteiger partial charge in [-0.2, -0.15) is 0 Å². The maximum Gasteiger partial charge on any atom is 0.165 e. The van der Waals surface area contributed by atoms with E-state index in [1.165, 1.54) is 19.2 Å². The van der Waals surface area contributed by atoms with Crippen molar-refractivity contribution in [3.05, 3.63) is 28.5 Å². The van der Waals surface area contributed by atoms with Gasteiger partial charge >= 0.3 is 0 Å². The van der Waals surface area contributed by atoms with Crippen molar-refractivity contribution in [2.45, 2.75) is 0 Å². The third-order valence-electron chi connectivity index (χ3n) is 1.05. The lowest BCUT2D eigenvalue weighted by atomic mass is 10.3. The molecule has 0 fully saturated rings. The van der Waals surface area contributed by atoms with Crippen LogP contribution in [0.5, 0.6) is 5.75 Å². The van der Waals surface area contributed by atoms with Crippen molar-refractivity contribution in [3.63, 3.8) is 0 Å². The summed E-state index contributed by atoms with van der Waals surface area (Å²) in [5.74, 6) is -0.170. The maximum atomic E-state index is 12.6. The lowest BCUT2D eigenvalue weighted by Gasteiger charge is -1.99. The smallest absolute Gasteiger partial charge is 0.165 e. The maximum absolute atomic E-state index is 12.6. The summed E-state index contributed by atoms with van der Waals surface area (Å²) >= 11 is 3.13. The van der Waals surface area contributed by atoms with E-state index in [2.05, 4.69) is 22.0 Å². The fraction of sp³-hybridized carbons (Fsp3) is 0.143. The van der Waals surface area contributed by atoms with Crippen LogP contribution in [0.4, 0.5) is 4.39 Å². The highest BCUT2D eigenvalue weighted by Crippen LogP contribution is 2.20. The third-order valence-corrected chi connectivity index (χ3v) is 1.51. The van der Waals surface area contributed by atoms with Crippen LogP contribution in [0.1, 0.15) is 0 Å². The van der Waals surface area contributed by atoms with E-state index in [-0.39, 0.29) is 5.75 Å². The number of halogens is 2. The van der Waals surface area contributed by atoms with Gasteiger partial charge in [0.1, 0.15) is 0 Å². The SMILES string of the molecule is COc1cc(Br)[c]cc1F. The minimum Gasteiger partial charge on any atom is -0.494 e. The van der Waals surface area contributed by atoms with Crippen LogP contribution in [0.3, 0.4) is 0 Å². The monoisotopic (exact) mass is 203 g/mol. The van der Waals surface area contributed by atoms with Gasteiger partial charge in [0.25, 0.3) is 0 Å². The van der Waals surface area contributed by atoms with E-state index >= 15 is 0 Å². The van der Waals surface area contributed by atoms with Crippen molar-refractivity contribution in [1.82, 2.24) is 0 Å². The van der Waals surface area contributed by atoms with Gasteiger partial charge < -0.3 is 4.74 Å². The highest BCUT2D eigenvalue weighted by Gasteiger charge is 2.00. The van der Waals surface area contributed by atoms with Crippen molar-refractivity contribution in [3.8, 4) is 5.75 Å². The van der Waals surface area contributed by atoms with Crippen LogP contribution < -0.4 is 4.74 Å². The molecule has 3 heteroatoms. The Balaban J connectivity index is 3.09. The van der Waals surface area contributed by atoms with Gasteiger partial charge in [0.2, 0.25) is 0 Å². The molecule has 1 aromatic rings. The van der Waals surface area contributed by atoms with Gasteiger partial charge in [-0.3, -0.25) is 0 Å². The first-order valence-electron chi connectivity index (χ1n) is 2.65. The second-order valence-corrected chi connectivity index (χ2v) is 2.55. The Morgan fingerprint density at radius 2 is 2.40 bits per heavy atom. The first-order valence-corrected chi connectivity index (χ1v) is 3.44. The van der Waals surface area contributed by atoms with Gasteiger partial charge in [0, 0.05) is 10.5 Å². The molecule has 1 rings (SSSR count). The van der Waals surface area contributed by atoms with Gasteiger partial charge in [-0.1, -0.05) is 15.9 Å². The Bertz CT molecular complexity index is 237. The molecule has 0 aliphatic carbocycles. The summed E-state index contributed by atoms with van der Waals surface area (Å²) < 4.78 is 18.0. The van der Waals surface area contributed by atoms with Crippen LogP contribution in [-0.2, 0) is 0 Å². The molecule has 0 bridgehead atoms. The van der Waals surface area contributed by atoms with Crippen molar-refractivity contribution in [1.29, 1.82) is 0 Å². The van der Waals surface area contributed by atoms with Gasteiger partial charge in [-0.05, 0) is 12.1 Å². The van der Waals surface area contributed by atoms with Crippen LogP contribution in [-0.4, -0.2) is 7.11 Å². The standard InChI is InChI=1S/C7H5BrFO/c1-10-7-4-5(8)2-3-6(7)9/h3-4H,1H3. The molecule has 0 amide bonds. The molecule has 0 aromatic heterocycles. The van der Waals surface area contributed by atoms with Crippen LogP contribution in [0.25, 0.3) is 0 Å². The van der Waals surface area contributed by atoms with Crippen LogP contribution in [0, 0.1) is 11.9 Å². The zero-order valence-electron chi connectivity index (χ0n) is 5.32. The summed E-state index contributed by atoms with van der Waals surface area (Å²) in [7, 11) is 1.42. The fourth-order valence-corrected chi connectivity index (χ4v) is 0.908. The van der Waals surface area contributed by atoms with E-state index in [0.29, 0.717) is 4.47 Å². The molecular formula is C7H5BrFO. The first-order chi connectivity index (χ1) is 4.74. The topological polar surface area (TPSA) is 9.23 Å². The van der Waals surface area contributed by atoms with Crippen molar-refractivity contribution >= 4 is 15.9 Å². The molecule has 0 N–H and O–H groups in total. The third kappa shape index (κ3) is 1.48. The molecule has 0 saturated heterocycles. The predicted octanol–water partition coefficient (Wildman–Crippen LogP) is 2.40. The minimum atomic E-state index is -0.397. The molecule has 0 aliphatic rings. The van der Waals surface area contributed by atoms with E-state index in [1.807, 2.05) is 0 Å². The van der Waals surface area contributed by atoms with Crippen LogP contribution in [0.2, 0.25) is 0 Å². The summed E-state index contributed by atoms with van der Waals surface area (Å²) in [4.78, 5) is 0. The number of benzene rings is 1. The lowest BCUT2D eigenvalue weighted by molar-refractivity contribution is 0.386. The number of methoxy groups -OCH3 is 1. The van der Waals surface area contributed by atoms with Crippen LogP contribution in [0.15, 0.2) is 16.6 Å². The Morgan fingerprint density at radius 1 is 1.70 bits per heavy atom. The molecule has 1 aromatic carbocycles. The summed E-state index contributed by atoms with van der Waals surface area (Å²) in [6.07, 6.45) is 0. The molecular weight excluding hydrogens is 199 g/mol. The molecule has 1 nitrogen and oxygen atoms in total. The zero-order chi connectivity index (χ0) is 7.56. The minimum absolute atomic E-state index is 0.227. The van der Waals surface area contributed by atoms with Gasteiger partial charge in [0.05, 0.1) is 7.11 Å². The highest BCUT2D eigenvalue weighted by atomic mass is 79.9. The number of hydrogen-bond acceptors (Lipinski definition) is 1. The van der Waals surface area contributed by atoms with Gasteiger partial charge in [-0.25, -0.2) is 4.39 Å². The van der Waals surface area contributed by atoms with Crippen molar-refractivity contribution < 1.29 is 9.13 Å². The quantitative estimate of drug-likeness (QED) is 0.682. The molecule has 0 saturated carbocycles. The fourth-order valence-electron chi connectivity index (χ4n) is 0.586. The summed E-state index contributed by atoms with van der Waals surface area (Å²) in [6.45, 7) is 0. The normalized spacial score (nSPS) is 9.50. The number of rotatable bonds is 1. The average Bonchev–Trinajstić information content (AvgIpc) is 1.94. The Kier molecular flexibility index (Phi) is 2.27. The van der Waals surface area contributed by atoms with E-state index in [0.717, 1.165) is 0 Å². The van der Waals surface area contributed by atoms with E-state index in [1.54, 1.807) is 0 Å². The number of ether oxygens (including phenoxy) is 1. The molecule has 0 unspecified atom stereocenters. The molecule has 0 spiro atoms. The van der Waals surface area contributed by atoms with Gasteiger partial charge in [0.15, 0.2) is 11.6 Å². The molecule has 10 heavy (non-hydrogen) atoms. The Hall–Kier alpha value is -0.570. The van der Waals surface area contributed by atoms with Crippen LogP contribution >= 0.6 is 15.9 Å². The Morgan fingerprint density at radius 3 is 2.90 bits per heavy atom. The molecule has 0 aliphatic heterocycles. The Labute approximate surface area is 66.9 Å². The molecule has 53 valence electrons. The van der Waals surface area contributed by atoms with Crippen molar-refractivity contribution in [2.75, 3.05) is 7.11 Å². The van der Waals surface area contributed by atoms with E-state index in [9.17, 15) is 4.39 Å². The van der Waals surface area contributed by atoms with E-state index < -0.39 is 5.82 Å². The first kappa shape index (κ1) is 7.54.